The molecule has 0 radical (unpaired) electrons. The first-order valence-corrected chi connectivity index (χ1v) is 9.36. The van der Waals surface area contributed by atoms with Crippen LogP contribution in [0.2, 0.25) is 5.02 Å². The van der Waals surface area contributed by atoms with Gasteiger partial charge in [0.25, 0.3) is 0 Å². The lowest BCUT2D eigenvalue weighted by Crippen LogP contribution is -2.34. The second-order valence-corrected chi connectivity index (χ2v) is 7.13. The van der Waals surface area contributed by atoms with Crippen molar-refractivity contribution in [3.8, 4) is 5.75 Å². The Hall–Kier alpha value is -2.53. The highest BCUT2D eigenvalue weighted by Crippen LogP contribution is 2.21. The minimum atomic E-state index is -0.296. The second kappa shape index (κ2) is 8.91. The largest absolute Gasteiger partial charge is 0.497 e. The first-order chi connectivity index (χ1) is 13.0. The van der Waals surface area contributed by atoms with Gasteiger partial charge in [-0.2, -0.15) is 0 Å². The molecule has 0 aromatic heterocycles. The molecule has 1 saturated heterocycles. The van der Waals surface area contributed by atoms with Crippen LogP contribution in [0.25, 0.3) is 0 Å². The number of benzene rings is 2. The number of nitrogens with one attached hydrogen (secondary N) is 1. The van der Waals surface area contributed by atoms with Crippen molar-refractivity contribution in [3.63, 3.8) is 0 Å². The predicted molar refractivity (Wildman–Crippen MR) is 105 cm³/mol. The molecule has 1 heterocycles. The molecule has 2 aromatic carbocycles. The first kappa shape index (κ1) is 19.2. The maximum absolute atomic E-state index is 12.4. The molecular weight excluding hydrogens is 364 g/mol. The summed E-state index contributed by atoms with van der Waals surface area (Å²) in [5, 5.41) is 3.62. The van der Waals surface area contributed by atoms with Crippen molar-refractivity contribution in [2.24, 2.45) is 5.92 Å². The normalized spacial score (nSPS) is 16.4. The number of ether oxygens (including phenoxy) is 1. The Labute approximate surface area is 164 Å². The van der Waals surface area contributed by atoms with Crippen molar-refractivity contribution in [2.45, 2.75) is 19.4 Å². The summed E-state index contributed by atoms with van der Waals surface area (Å²) in [6.45, 7) is 1.49. The summed E-state index contributed by atoms with van der Waals surface area (Å²) in [5.41, 5.74) is 2.09. The summed E-state index contributed by atoms with van der Waals surface area (Å²) in [7, 11) is 1.62. The summed E-state index contributed by atoms with van der Waals surface area (Å²) < 4.78 is 5.14. The van der Waals surface area contributed by atoms with Crippen molar-refractivity contribution >= 4 is 23.4 Å². The van der Waals surface area contributed by atoms with Gasteiger partial charge in [0.15, 0.2) is 0 Å². The monoisotopic (exact) mass is 386 g/mol. The van der Waals surface area contributed by atoms with Crippen LogP contribution in [-0.4, -0.2) is 36.9 Å². The Morgan fingerprint density at radius 1 is 1.22 bits per heavy atom. The Balaban J connectivity index is 1.47. The van der Waals surface area contributed by atoms with E-state index in [4.69, 9.17) is 16.3 Å². The van der Waals surface area contributed by atoms with Crippen LogP contribution in [0.15, 0.2) is 48.5 Å². The smallest absolute Gasteiger partial charge is 0.225 e. The Bertz CT molecular complexity index is 807. The molecule has 0 saturated carbocycles. The molecule has 2 amide bonds. The van der Waals surface area contributed by atoms with Gasteiger partial charge in [0, 0.05) is 31.1 Å². The molecule has 27 heavy (non-hydrogen) atoms. The van der Waals surface area contributed by atoms with Gasteiger partial charge in [0.05, 0.1) is 13.0 Å². The van der Waals surface area contributed by atoms with E-state index in [0.717, 1.165) is 16.9 Å². The van der Waals surface area contributed by atoms with Gasteiger partial charge < -0.3 is 15.0 Å². The average molecular weight is 387 g/mol. The van der Waals surface area contributed by atoms with E-state index in [1.165, 1.54) is 0 Å². The standard InChI is InChI=1S/C21H23ClN2O3/c1-27-19-7-5-16(6-8-19)13-24-14-17(12-20(24)25)21(26)23-10-9-15-3-2-4-18(22)11-15/h2-8,11,17H,9-10,12-14H2,1H3,(H,23,26). The Morgan fingerprint density at radius 3 is 2.70 bits per heavy atom. The number of nitrogens with zero attached hydrogens (tertiary/aromatic N) is 1. The molecule has 0 aliphatic carbocycles. The van der Waals surface area contributed by atoms with E-state index < -0.39 is 0 Å². The van der Waals surface area contributed by atoms with Crippen molar-refractivity contribution in [1.29, 1.82) is 0 Å². The highest BCUT2D eigenvalue weighted by molar-refractivity contribution is 6.30. The van der Waals surface area contributed by atoms with E-state index in [1.807, 2.05) is 48.5 Å². The number of likely N-dealkylation sites (tertiary alicyclic amines) is 1. The fourth-order valence-electron chi connectivity index (χ4n) is 3.22. The summed E-state index contributed by atoms with van der Waals surface area (Å²) in [6, 6.07) is 15.2. The third-order valence-electron chi connectivity index (χ3n) is 4.72. The molecule has 1 N–H and O–H groups in total. The van der Waals surface area contributed by atoms with Gasteiger partial charge in [-0.05, 0) is 41.8 Å². The van der Waals surface area contributed by atoms with E-state index in [9.17, 15) is 9.59 Å². The zero-order chi connectivity index (χ0) is 19.2. The molecule has 2 aromatic rings. The van der Waals surface area contributed by atoms with Crippen LogP contribution in [0.5, 0.6) is 5.75 Å². The van der Waals surface area contributed by atoms with Gasteiger partial charge in [0.2, 0.25) is 11.8 Å². The summed E-state index contributed by atoms with van der Waals surface area (Å²) in [4.78, 5) is 26.4. The van der Waals surface area contributed by atoms with Crippen LogP contribution in [0.3, 0.4) is 0 Å². The molecule has 1 unspecified atom stereocenters. The van der Waals surface area contributed by atoms with E-state index in [1.54, 1.807) is 12.0 Å². The van der Waals surface area contributed by atoms with Crippen molar-refractivity contribution in [1.82, 2.24) is 10.2 Å². The van der Waals surface area contributed by atoms with E-state index in [-0.39, 0.29) is 24.2 Å². The second-order valence-electron chi connectivity index (χ2n) is 6.69. The van der Waals surface area contributed by atoms with Crippen molar-refractivity contribution in [3.05, 3.63) is 64.7 Å². The minimum absolute atomic E-state index is 0.0146. The van der Waals surface area contributed by atoms with Gasteiger partial charge in [-0.25, -0.2) is 0 Å². The van der Waals surface area contributed by atoms with E-state index in [0.29, 0.717) is 31.1 Å². The molecule has 142 valence electrons. The summed E-state index contributed by atoms with van der Waals surface area (Å²) in [5.74, 6) is 0.432. The quantitative estimate of drug-likeness (QED) is 0.795. The van der Waals surface area contributed by atoms with Gasteiger partial charge in [-0.3, -0.25) is 9.59 Å². The number of carbonyl (C=O) groups excluding carboxylic acids is 2. The maximum atomic E-state index is 12.4. The van der Waals surface area contributed by atoms with Gasteiger partial charge in [-0.1, -0.05) is 35.9 Å². The predicted octanol–water partition coefficient (Wildman–Crippen LogP) is 3.06. The molecule has 0 bridgehead atoms. The maximum Gasteiger partial charge on any atom is 0.225 e. The van der Waals surface area contributed by atoms with Crippen LogP contribution in [0.4, 0.5) is 0 Å². The zero-order valence-corrected chi connectivity index (χ0v) is 16.0. The fraction of sp³-hybridized carbons (Fsp3) is 0.333. The highest BCUT2D eigenvalue weighted by atomic mass is 35.5. The average Bonchev–Trinajstić information content (AvgIpc) is 3.03. The Kier molecular flexibility index (Phi) is 6.35. The third-order valence-corrected chi connectivity index (χ3v) is 4.95. The molecule has 6 heteroatoms. The van der Waals surface area contributed by atoms with Gasteiger partial charge in [-0.15, -0.1) is 0 Å². The molecule has 1 atom stereocenters. The minimum Gasteiger partial charge on any atom is -0.497 e. The number of hydrogen-bond donors (Lipinski definition) is 1. The number of carbonyl (C=O) groups is 2. The Morgan fingerprint density at radius 2 is 2.00 bits per heavy atom. The van der Waals surface area contributed by atoms with Gasteiger partial charge in [0.1, 0.15) is 5.75 Å². The topological polar surface area (TPSA) is 58.6 Å². The lowest BCUT2D eigenvalue weighted by molar-refractivity contribution is -0.129. The number of rotatable bonds is 7. The number of amides is 2. The number of hydrogen-bond acceptors (Lipinski definition) is 3. The molecule has 5 nitrogen and oxygen atoms in total. The summed E-state index contributed by atoms with van der Waals surface area (Å²) >= 11 is 5.97. The van der Waals surface area contributed by atoms with E-state index in [2.05, 4.69) is 5.32 Å². The van der Waals surface area contributed by atoms with Crippen LogP contribution < -0.4 is 10.1 Å². The lowest BCUT2D eigenvalue weighted by Gasteiger charge is -2.17. The fourth-order valence-corrected chi connectivity index (χ4v) is 3.43. The molecule has 1 fully saturated rings. The summed E-state index contributed by atoms with van der Waals surface area (Å²) in [6.07, 6.45) is 0.974. The third kappa shape index (κ3) is 5.23. The van der Waals surface area contributed by atoms with Crippen LogP contribution in [0.1, 0.15) is 17.5 Å². The SMILES string of the molecule is COc1ccc(CN2CC(C(=O)NCCc3cccc(Cl)c3)CC2=O)cc1. The molecule has 1 aliphatic heterocycles. The van der Waals surface area contributed by atoms with Crippen LogP contribution >= 0.6 is 11.6 Å². The van der Waals surface area contributed by atoms with Crippen LogP contribution in [0, 0.1) is 5.92 Å². The van der Waals surface area contributed by atoms with Crippen LogP contribution in [-0.2, 0) is 22.6 Å². The highest BCUT2D eigenvalue weighted by Gasteiger charge is 2.33. The van der Waals surface area contributed by atoms with Crippen molar-refractivity contribution < 1.29 is 14.3 Å². The lowest BCUT2D eigenvalue weighted by atomic mass is 10.1. The first-order valence-electron chi connectivity index (χ1n) is 8.98. The number of methoxy groups -OCH3 is 1. The molecular formula is C21H23ClN2O3. The zero-order valence-electron chi connectivity index (χ0n) is 15.3. The van der Waals surface area contributed by atoms with Crippen molar-refractivity contribution in [2.75, 3.05) is 20.2 Å². The molecule has 1 aliphatic rings. The van der Waals surface area contributed by atoms with E-state index >= 15 is 0 Å². The van der Waals surface area contributed by atoms with Gasteiger partial charge >= 0.3 is 0 Å². The molecule has 3 rings (SSSR count). The molecule has 0 spiro atoms. The number of halogens is 1.